The Bertz CT molecular complexity index is 1020. The van der Waals surface area contributed by atoms with Crippen LogP contribution in [0.2, 0.25) is 0 Å². The first-order valence-electron chi connectivity index (χ1n) is 8.33. The first-order chi connectivity index (χ1) is 13.5. The van der Waals surface area contributed by atoms with Gasteiger partial charge in [0.2, 0.25) is 5.75 Å². The molecule has 0 unspecified atom stereocenters. The number of amides is 1. The second-order valence-corrected chi connectivity index (χ2v) is 5.79. The number of hydrogen-bond acceptors (Lipinski definition) is 6. The normalized spacial score (nSPS) is 10.4. The Hall–Kier alpha value is -3.68. The van der Waals surface area contributed by atoms with Crippen molar-refractivity contribution < 1.29 is 28.5 Å². The molecule has 0 spiro atoms. The van der Waals surface area contributed by atoms with Gasteiger partial charge in [0.15, 0.2) is 11.5 Å². The summed E-state index contributed by atoms with van der Waals surface area (Å²) >= 11 is 0. The van der Waals surface area contributed by atoms with Crippen LogP contribution in [0.4, 0.5) is 5.69 Å². The minimum Gasteiger partial charge on any atom is -0.493 e. The highest BCUT2D eigenvalue weighted by molar-refractivity contribution is 6.15. The molecule has 0 aliphatic rings. The number of carbonyl (C=O) groups excluding carboxylic acids is 2. The van der Waals surface area contributed by atoms with E-state index in [-0.39, 0.29) is 5.91 Å². The van der Waals surface area contributed by atoms with Gasteiger partial charge in [0.25, 0.3) is 5.91 Å². The highest BCUT2D eigenvalue weighted by Gasteiger charge is 2.22. The molecule has 0 aliphatic heterocycles. The molecular formula is C20H20N2O6. The fourth-order valence-corrected chi connectivity index (χ4v) is 2.94. The summed E-state index contributed by atoms with van der Waals surface area (Å²) in [5, 5.41) is 3.37. The topological polar surface area (TPSA) is 98.9 Å². The number of anilines is 1. The van der Waals surface area contributed by atoms with E-state index in [1.54, 1.807) is 36.5 Å². The van der Waals surface area contributed by atoms with E-state index in [1.807, 2.05) is 0 Å². The van der Waals surface area contributed by atoms with Gasteiger partial charge in [-0.15, -0.1) is 0 Å². The summed E-state index contributed by atoms with van der Waals surface area (Å²) in [4.78, 5) is 27.4. The van der Waals surface area contributed by atoms with Crippen molar-refractivity contribution in [1.82, 2.24) is 4.98 Å². The van der Waals surface area contributed by atoms with Gasteiger partial charge in [0.1, 0.15) is 0 Å². The summed E-state index contributed by atoms with van der Waals surface area (Å²) in [7, 11) is 5.84. The molecule has 146 valence electrons. The summed E-state index contributed by atoms with van der Waals surface area (Å²) < 4.78 is 20.9. The molecule has 8 heteroatoms. The van der Waals surface area contributed by atoms with Crippen LogP contribution in [0.25, 0.3) is 10.9 Å². The molecule has 0 radical (unpaired) electrons. The highest BCUT2D eigenvalue weighted by atomic mass is 16.5. The Morgan fingerprint density at radius 2 is 1.61 bits per heavy atom. The standard InChI is InChI=1S/C20H20N2O6/c1-25-15-9-14-16(18(27-3)17(15)26-2)13(10-21-14)19(23)22-12-7-5-11(6-8-12)20(24)28-4/h5-10,21H,1-4H3,(H,22,23). The monoisotopic (exact) mass is 384 g/mol. The van der Waals surface area contributed by atoms with Crippen LogP contribution in [0.3, 0.4) is 0 Å². The molecule has 0 atom stereocenters. The average Bonchev–Trinajstić information content (AvgIpc) is 3.15. The van der Waals surface area contributed by atoms with Crippen LogP contribution in [0.5, 0.6) is 17.2 Å². The zero-order valence-corrected chi connectivity index (χ0v) is 15.9. The minimum absolute atomic E-state index is 0.345. The number of aromatic amines is 1. The van der Waals surface area contributed by atoms with Crippen molar-refractivity contribution in [2.75, 3.05) is 33.8 Å². The first-order valence-corrected chi connectivity index (χ1v) is 8.33. The Kier molecular flexibility index (Phi) is 5.39. The van der Waals surface area contributed by atoms with Crippen LogP contribution in [-0.4, -0.2) is 45.3 Å². The van der Waals surface area contributed by atoms with Gasteiger partial charge in [-0.05, 0) is 24.3 Å². The maximum atomic E-state index is 12.8. The van der Waals surface area contributed by atoms with Gasteiger partial charge >= 0.3 is 5.97 Å². The maximum absolute atomic E-state index is 12.8. The van der Waals surface area contributed by atoms with Crippen molar-refractivity contribution >= 4 is 28.5 Å². The summed E-state index contributed by atoms with van der Waals surface area (Å²) in [5.74, 6) is 0.486. The predicted molar refractivity (Wildman–Crippen MR) is 104 cm³/mol. The molecule has 2 aromatic carbocycles. The zero-order chi connectivity index (χ0) is 20.3. The lowest BCUT2D eigenvalue weighted by Gasteiger charge is -2.14. The molecule has 0 saturated heterocycles. The molecule has 0 fully saturated rings. The molecule has 2 N–H and O–H groups in total. The molecular weight excluding hydrogens is 364 g/mol. The lowest BCUT2D eigenvalue weighted by Crippen LogP contribution is -2.12. The SMILES string of the molecule is COC(=O)c1ccc(NC(=O)c2c[nH]c3cc(OC)c(OC)c(OC)c23)cc1. The number of benzene rings is 2. The van der Waals surface area contributed by atoms with Gasteiger partial charge in [0.05, 0.1) is 50.5 Å². The third-order valence-electron chi connectivity index (χ3n) is 4.28. The number of hydrogen-bond donors (Lipinski definition) is 2. The fraction of sp³-hybridized carbons (Fsp3) is 0.200. The molecule has 1 aromatic heterocycles. The van der Waals surface area contributed by atoms with E-state index in [0.717, 1.165) is 0 Å². The number of nitrogens with one attached hydrogen (secondary N) is 2. The number of H-pyrrole nitrogens is 1. The van der Waals surface area contributed by atoms with Gasteiger partial charge in [-0.3, -0.25) is 4.79 Å². The largest absolute Gasteiger partial charge is 0.493 e. The summed E-state index contributed by atoms with van der Waals surface area (Å²) in [6.07, 6.45) is 1.59. The van der Waals surface area contributed by atoms with Gasteiger partial charge in [-0.25, -0.2) is 4.79 Å². The molecule has 3 aromatic rings. The third-order valence-corrected chi connectivity index (χ3v) is 4.28. The van der Waals surface area contributed by atoms with Crippen LogP contribution < -0.4 is 19.5 Å². The highest BCUT2D eigenvalue weighted by Crippen LogP contribution is 2.44. The summed E-state index contributed by atoms with van der Waals surface area (Å²) in [5.41, 5.74) is 1.98. The quantitative estimate of drug-likeness (QED) is 0.633. The van der Waals surface area contributed by atoms with Crippen LogP contribution in [0.1, 0.15) is 20.7 Å². The molecule has 1 amide bonds. The maximum Gasteiger partial charge on any atom is 0.337 e. The van der Waals surface area contributed by atoms with Crippen molar-refractivity contribution in [1.29, 1.82) is 0 Å². The predicted octanol–water partition coefficient (Wildman–Crippen LogP) is 3.23. The Labute approximate surface area is 161 Å². The second-order valence-electron chi connectivity index (χ2n) is 5.79. The number of fused-ring (bicyclic) bond motifs is 1. The van der Waals surface area contributed by atoms with Gasteiger partial charge in [-0.1, -0.05) is 0 Å². The molecule has 3 rings (SSSR count). The van der Waals surface area contributed by atoms with Crippen molar-refractivity contribution in [2.45, 2.75) is 0 Å². The van der Waals surface area contributed by atoms with Crippen LogP contribution in [0.15, 0.2) is 36.5 Å². The fourth-order valence-electron chi connectivity index (χ4n) is 2.94. The van der Waals surface area contributed by atoms with Gasteiger partial charge in [-0.2, -0.15) is 0 Å². The molecule has 0 bridgehead atoms. The minimum atomic E-state index is -0.444. The van der Waals surface area contributed by atoms with Crippen LogP contribution in [0, 0.1) is 0 Å². The van der Waals surface area contributed by atoms with Crippen LogP contribution >= 0.6 is 0 Å². The van der Waals surface area contributed by atoms with E-state index < -0.39 is 5.97 Å². The molecule has 0 saturated carbocycles. The average molecular weight is 384 g/mol. The van der Waals surface area contributed by atoms with Crippen molar-refractivity contribution in [3.8, 4) is 17.2 Å². The van der Waals surface area contributed by atoms with E-state index in [9.17, 15) is 9.59 Å². The Morgan fingerprint density at radius 3 is 2.18 bits per heavy atom. The lowest BCUT2D eigenvalue weighted by atomic mass is 10.1. The summed E-state index contributed by atoms with van der Waals surface area (Å²) in [6.45, 7) is 0. The smallest absolute Gasteiger partial charge is 0.337 e. The number of esters is 1. The van der Waals surface area contributed by atoms with Crippen molar-refractivity contribution in [3.63, 3.8) is 0 Å². The second kappa shape index (κ2) is 7.91. The molecule has 8 nitrogen and oxygen atoms in total. The third kappa shape index (κ3) is 3.32. The molecule has 1 heterocycles. The van der Waals surface area contributed by atoms with E-state index in [0.29, 0.717) is 45.0 Å². The van der Waals surface area contributed by atoms with Crippen molar-refractivity contribution in [2.24, 2.45) is 0 Å². The number of aromatic nitrogens is 1. The van der Waals surface area contributed by atoms with E-state index in [2.05, 4.69) is 15.0 Å². The van der Waals surface area contributed by atoms with E-state index in [4.69, 9.17) is 14.2 Å². The molecule has 0 aliphatic carbocycles. The van der Waals surface area contributed by atoms with Crippen molar-refractivity contribution in [3.05, 3.63) is 47.7 Å². The number of carbonyl (C=O) groups is 2. The van der Waals surface area contributed by atoms with E-state index >= 15 is 0 Å². The number of ether oxygens (including phenoxy) is 4. The lowest BCUT2D eigenvalue weighted by molar-refractivity contribution is 0.0600. The van der Waals surface area contributed by atoms with Gasteiger partial charge < -0.3 is 29.2 Å². The zero-order valence-electron chi connectivity index (χ0n) is 15.9. The molecule has 28 heavy (non-hydrogen) atoms. The Morgan fingerprint density at radius 1 is 0.929 bits per heavy atom. The number of methoxy groups -OCH3 is 4. The van der Waals surface area contributed by atoms with Crippen LogP contribution in [-0.2, 0) is 4.74 Å². The van der Waals surface area contributed by atoms with E-state index in [1.165, 1.54) is 28.4 Å². The summed E-state index contributed by atoms with van der Waals surface area (Å²) in [6, 6.07) is 8.13. The number of rotatable bonds is 6. The Balaban J connectivity index is 1.97. The first kappa shape index (κ1) is 19.1. The van der Waals surface area contributed by atoms with Gasteiger partial charge in [0, 0.05) is 18.0 Å².